The zero-order chi connectivity index (χ0) is 12.5. The molecule has 1 heterocycles. The molecule has 5 heteroatoms. The van der Waals surface area contributed by atoms with E-state index in [2.05, 4.69) is 16.5 Å². The van der Waals surface area contributed by atoms with Crippen LogP contribution in [-0.4, -0.2) is 31.9 Å². The highest BCUT2D eigenvalue weighted by molar-refractivity contribution is 5.19. The van der Waals surface area contributed by atoms with E-state index in [4.69, 9.17) is 15.3 Å². The summed E-state index contributed by atoms with van der Waals surface area (Å²) in [5.41, 5.74) is 5.00. The molecule has 1 unspecified atom stereocenters. The van der Waals surface area contributed by atoms with E-state index in [0.717, 1.165) is 17.5 Å². The first-order chi connectivity index (χ1) is 8.27. The van der Waals surface area contributed by atoms with Crippen LogP contribution in [0.1, 0.15) is 23.6 Å². The van der Waals surface area contributed by atoms with Crippen molar-refractivity contribution in [2.24, 2.45) is 5.84 Å². The Kier molecular flexibility index (Phi) is 6.73. The minimum absolute atomic E-state index is 0.0740. The van der Waals surface area contributed by atoms with Crippen molar-refractivity contribution in [1.29, 1.82) is 0 Å². The quantitative estimate of drug-likeness (QED) is 0.401. The number of aryl methyl sites for hydroxylation is 1. The summed E-state index contributed by atoms with van der Waals surface area (Å²) in [6.07, 6.45) is 4.46. The van der Waals surface area contributed by atoms with Crippen LogP contribution in [-0.2, 0) is 9.47 Å². The van der Waals surface area contributed by atoms with Gasteiger partial charge in [0, 0.05) is 32.2 Å². The Morgan fingerprint density at radius 2 is 2.18 bits per heavy atom. The molecule has 1 rings (SSSR count). The van der Waals surface area contributed by atoms with E-state index in [1.807, 2.05) is 19.3 Å². The molecule has 0 saturated heterocycles. The van der Waals surface area contributed by atoms with Crippen LogP contribution in [0.4, 0.5) is 0 Å². The predicted octanol–water partition coefficient (Wildman–Crippen LogP) is 0.948. The number of nitrogens with zero attached hydrogens (tertiary/aromatic N) is 1. The maximum Gasteiger partial charge on any atom is 0.0700 e. The van der Waals surface area contributed by atoms with Crippen LogP contribution in [0.15, 0.2) is 18.5 Å². The fourth-order valence-corrected chi connectivity index (χ4v) is 1.56. The Balaban J connectivity index is 2.38. The largest absolute Gasteiger partial charge is 0.382 e. The van der Waals surface area contributed by atoms with Gasteiger partial charge in [-0.15, -0.1) is 0 Å². The minimum atomic E-state index is 0.0740. The lowest BCUT2D eigenvalue weighted by molar-refractivity contribution is 0.0657. The van der Waals surface area contributed by atoms with Crippen LogP contribution in [0.3, 0.4) is 0 Å². The molecule has 0 bridgehead atoms. The highest BCUT2D eigenvalue weighted by Gasteiger charge is 2.09. The first-order valence-corrected chi connectivity index (χ1v) is 5.72. The van der Waals surface area contributed by atoms with Crippen molar-refractivity contribution in [3.8, 4) is 0 Å². The molecule has 1 aromatic rings. The second kappa shape index (κ2) is 8.14. The molecule has 5 nitrogen and oxygen atoms in total. The molecule has 1 atom stereocenters. The first kappa shape index (κ1) is 14.1. The molecule has 0 spiro atoms. The van der Waals surface area contributed by atoms with Crippen molar-refractivity contribution < 1.29 is 9.47 Å². The van der Waals surface area contributed by atoms with Gasteiger partial charge >= 0.3 is 0 Å². The third-order valence-electron chi connectivity index (χ3n) is 2.48. The number of hydrogen-bond donors (Lipinski definition) is 2. The number of ether oxygens (including phenoxy) is 2. The van der Waals surface area contributed by atoms with E-state index in [9.17, 15) is 0 Å². The van der Waals surface area contributed by atoms with Gasteiger partial charge in [-0.2, -0.15) is 0 Å². The molecule has 0 aromatic carbocycles. The van der Waals surface area contributed by atoms with Gasteiger partial charge in [-0.25, -0.2) is 0 Å². The lowest BCUT2D eigenvalue weighted by Crippen LogP contribution is -2.29. The summed E-state index contributed by atoms with van der Waals surface area (Å²) in [6, 6.07) is 2.15. The van der Waals surface area contributed by atoms with Crippen LogP contribution in [0, 0.1) is 6.92 Å². The van der Waals surface area contributed by atoms with Gasteiger partial charge in [0.25, 0.3) is 0 Å². The zero-order valence-electron chi connectivity index (χ0n) is 10.5. The van der Waals surface area contributed by atoms with Crippen molar-refractivity contribution in [2.75, 3.05) is 26.9 Å². The minimum Gasteiger partial charge on any atom is -0.382 e. The molecule has 0 amide bonds. The summed E-state index contributed by atoms with van der Waals surface area (Å²) >= 11 is 0. The molecule has 0 saturated carbocycles. The Morgan fingerprint density at radius 3 is 2.82 bits per heavy atom. The number of pyridine rings is 1. The predicted molar refractivity (Wildman–Crippen MR) is 66.4 cm³/mol. The number of methoxy groups -OCH3 is 1. The Labute approximate surface area is 102 Å². The topological polar surface area (TPSA) is 69.4 Å². The first-order valence-electron chi connectivity index (χ1n) is 5.72. The smallest absolute Gasteiger partial charge is 0.0700 e. The third kappa shape index (κ3) is 5.23. The van der Waals surface area contributed by atoms with Gasteiger partial charge in [0.05, 0.1) is 13.2 Å². The van der Waals surface area contributed by atoms with Gasteiger partial charge in [-0.1, -0.05) is 6.07 Å². The molecular formula is C12H21N3O2. The van der Waals surface area contributed by atoms with Crippen LogP contribution >= 0.6 is 0 Å². The van der Waals surface area contributed by atoms with Crippen molar-refractivity contribution in [2.45, 2.75) is 19.4 Å². The van der Waals surface area contributed by atoms with Crippen LogP contribution in [0.25, 0.3) is 0 Å². The van der Waals surface area contributed by atoms with Gasteiger partial charge in [0.2, 0.25) is 0 Å². The van der Waals surface area contributed by atoms with Gasteiger partial charge in [0.15, 0.2) is 0 Å². The van der Waals surface area contributed by atoms with Crippen LogP contribution in [0.2, 0.25) is 0 Å². The van der Waals surface area contributed by atoms with E-state index < -0.39 is 0 Å². The van der Waals surface area contributed by atoms with Gasteiger partial charge in [-0.3, -0.25) is 16.3 Å². The highest BCUT2D eigenvalue weighted by atomic mass is 16.5. The summed E-state index contributed by atoms with van der Waals surface area (Å²) in [5.74, 6) is 5.54. The van der Waals surface area contributed by atoms with E-state index in [1.54, 1.807) is 7.11 Å². The normalized spacial score (nSPS) is 12.6. The number of nitrogens with two attached hydrogens (primary N) is 1. The average molecular weight is 239 g/mol. The van der Waals surface area contributed by atoms with E-state index >= 15 is 0 Å². The fourth-order valence-electron chi connectivity index (χ4n) is 1.56. The summed E-state index contributed by atoms with van der Waals surface area (Å²) in [7, 11) is 1.66. The molecule has 0 radical (unpaired) electrons. The lowest BCUT2D eigenvalue weighted by atomic mass is 10.1. The number of hydrogen-bond acceptors (Lipinski definition) is 5. The standard InChI is InChI=1S/C12H21N3O2/c1-10-7-11(9-14-8-10)12(15-13)3-4-17-6-5-16-2/h7-9,12,15H,3-6,13H2,1-2H3. The zero-order valence-corrected chi connectivity index (χ0v) is 10.5. The molecule has 0 aliphatic heterocycles. The SMILES string of the molecule is COCCOCCC(NN)c1cncc(C)c1. The highest BCUT2D eigenvalue weighted by Crippen LogP contribution is 2.15. The summed E-state index contributed by atoms with van der Waals surface area (Å²) in [6.45, 7) is 3.89. The Hall–Kier alpha value is -1.01. The van der Waals surface area contributed by atoms with Crippen LogP contribution in [0.5, 0.6) is 0 Å². The molecule has 0 aliphatic rings. The number of hydrazine groups is 1. The Bertz CT molecular complexity index is 320. The summed E-state index contributed by atoms with van der Waals surface area (Å²) < 4.78 is 10.3. The number of aromatic nitrogens is 1. The molecular weight excluding hydrogens is 218 g/mol. The molecule has 0 fully saturated rings. The second-order valence-electron chi connectivity index (χ2n) is 3.91. The number of nitrogens with one attached hydrogen (secondary N) is 1. The van der Waals surface area contributed by atoms with Crippen molar-refractivity contribution in [1.82, 2.24) is 10.4 Å². The summed E-state index contributed by atoms with van der Waals surface area (Å²) in [5, 5.41) is 0. The molecule has 3 N–H and O–H groups in total. The maximum absolute atomic E-state index is 5.54. The molecule has 96 valence electrons. The average Bonchev–Trinajstić information content (AvgIpc) is 2.34. The lowest BCUT2D eigenvalue weighted by Gasteiger charge is -2.16. The van der Waals surface area contributed by atoms with Crippen molar-refractivity contribution in [3.05, 3.63) is 29.6 Å². The molecule has 17 heavy (non-hydrogen) atoms. The van der Waals surface area contributed by atoms with Crippen LogP contribution < -0.4 is 11.3 Å². The van der Waals surface area contributed by atoms with E-state index in [1.165, 1.54) is 0 Å². The van der Waals surface area contributed by atoms with E-state index in [-0.39, 0.29) is 6.04 Å². The van der Waals surface area contributed by atoms with Gasteiger partial charge in [-0.05, 0) is 24.5 Å². The van der Waals surface area contributed by atoms with Gasteiger partial charge in [0.1, 0.15) is 0 Å². The number of rotatable bonds is 8. The monoisotopic (exact) mass is 239 g/mol. The molecule has 0 aliphatic carbocycles. The van der Waals surface area contributed by atoms with Gasteiger partial charge < -0.3 is 9.47 Å². The third-order valence-corrected chi connectivity index (χ3v) is 2.48. The fraction of sp³-hybridized carbons (Fsp3) is 0.583. The van der Waals surface area contributed by atoms with Crippen molar-refractivity contribution in [3.63, 3.8) is 0 Å². The molecule has 1 aromatic heterocycles. The Morgan fingerprint density at radius 1 is 1.35 bits per heavy atom. The summed E-state index contributed by atoms with van der Waals surface area (Å²) in [4.78, 5) is 4.15. The van der Waals surface area contributed by atoms with Crippen molar-refractivity contribution >= 4 is 0 Å². The maximum atomic E-state index is 5.54. The second-order valence-corrected chi connectivity index (χ2v) is 3.91. The van der Waals surface area contributed by atoms with E-state index in [0.29, 0.717) is 19.8 Å².